The molecule has 0 aliphatic heterocycles. The number of rotatable bonds is 6. The van der Waals surface area contributed by atoms with E-state index in [1.807, 2.05) is 23.6 Å². The summed E-state index contributed by atoms with van der Waals surface area (Å²) in [5.74, 6) is -0.416. The monoisotopic (exact) mass is 468 g/mol. The molecule has 0 spiro atoms. The Morgan fingerprint density at radius 1 is 1.12 bits per heavy atom. The molecule has 0 aliphatic rings. The second kappa shape index (κ2) is 8.98. The van der Waals surface area contributed by atoms with Gasteiger partial charge in [0.15, 0.2) is 0 Å². The Labute approximate surface area is 194 Å². The van der Waals surface area contributed by atoms with Crippen LogP contribution in [0.5, 0.6) is 5.88 Å². The fraction of sp³-hybridized carbons (Fsp3) is 0.130. The molecule has 0 N–H and O–H groups in total. The molecule has 0 unspecified atom stereocenters. The van der Waals surface area contributed by atoms with Crippen LogP contribution in [0, 0.1) is 6.92 Å². The van der Waals surface area contributed by atoms with Crippen LogP contribution in [-0.2, 0) is 16.1 Å². The van der Waals surface area contributed by atoms with Crippen LogP contribution in [0.15, 0.2) is 54.9 Å². The Kier molecular flexibility index (Phi) is 6.12. The van der Waals surface area contributed by atoms with Crippen molar-refractivity contribution in [2.75, 3.05) is 12.0 Å². The van der Waals surface area contributed by atoms with Crippen molar-refractivity contribution in [3.8, 4) is 5.88 Å². The number of halogens is 2. The lowest BCUT2D eigenvalue weighted by atomic mass is 10.2. The molecule has 0 saturated carbocycles. The number of carbonyl (C=O) groups is 2. The molecule has 0 radical (unpaired) electrons. The molecule has 0 bridgehead atoms. The summed E-state index contributed by atoms with van der Waals surface area (Å²) in [5.41, 5.74) is 3.37. The first-order chi connectivity index (χ1) is 15.4. The van der Waals surface area contributed by atoms with Gasteiger partial charge in [-0.3, -0.25) is 19.5 Å². The van der Waals surface area contributed by atoms with Gasteiger partial charge in [0, 0.05) is 34.6 Å². The van der Waals surface area contributed by atoms with E-state index in [4.69, 9.17) is 27.9 Å². The Bertz CT molecular complexity index is 1320. The molecule has 0 fully saturated rings. The average molecular weight is 469 g/mol. The highest BCUT2D eigenvalue weighted by Crippen LogP contribution is 2.39. The second-order valence-electron chi connectivity index (χ2n) is 7.00. The molecular formula is C23H18Cl2N4O3. The van der Waals surface area contributed by atoms with Crippen molar-refractivity contribution in [1.29, 1.82) is 0 Å². The number of anilines is 2. The van der Waals surface area contributed by atoms with Gasteiger partial charge in [-0.1, -0.05) is 23.2 Å². The molecule has 9 heteroatoms. The van der Waals surface area contributed by atoms with Crippen LogP contribution < -0.4 is 9.64 Å². The van der Waals surface area contributed by atoms with Crippen LogP contribution in [0.4, 0.5) is 11.4 Å². The summed E-state index contributed by atoms with van der Waals surface area (Å²) in [6.45, 7) is 2.31. The van der Waals surface area contributed by atoms with Crippen molar-refractivity contribution in [3.63, 3.8) is 0 Å². The van der Waals surface area contributed by atoms with Gasteiger partial charge in [0.05, 0.1) is 41.3 Å². The van der Waals surface area contributed by atoms with Crippen LogP contribution in [0.3, 0.4) is 0 Å². The summed E-state index contributed by atoms with van der Waals surface area (Å²) in [6, 6.07) is 12.3. The Balaban J connectivity index is 1.96. The lowest BCUT2D eigenvalue weighted by Gasteiger charge is -2.21. The van der Waals surface area contributed by atoms with Crippen molar-refractivity contribution in [2.24, 2.45) is 0 Å². The first kappa shape index (κ1) is 21.8. The number of amides is 1. The third-order valence-corrected chi connectivity index (χ3v) is 5.55. The van der Waals surface area contributed by atoms with Crippen molar-refractivity contribution in [2.45, 2.75) is 13.5 Å². The van der Waals surface area contributed by atoms with Crippen molar-refractivity contribution >= 4 is 57.7 Å². The molecule has 3 heterocycles. The Morgan fingerprint density at radius 3 is 2.59 bits per heavy atom. The molecule has 1 amide bonds. The van der Waals surface area contributed by atoms with Crippen LogP contribution in [-0.4, -0.2) is 33.8 Å². The number of ether oxygens (including phenoxy) is 1. The van der Waals surface area contributed by atoms with Gasteiger partial charge >= 0.3 is 0 Å². The zero-order valence-electron chi connectivity index (χ0n) is 17.3. The Morgan fingerprint density at radius 2 is 1.91 bits per heavy atom. The largest absolute Gasteiger partial charge is 0.481 e. The van der Waals surface area contributed by atoms with E-state index in [9.17, 15) is 9.59 Å². The van der Waals surface area contributed by atoms with Crippen LogP contribution in [0.25, 0.3) is 10.9 Å². The van der Waals surface area contributed by atoms with Gasteiger partial charge in [-0.25, -0.2) is 4.98 Å². The maximum Gasteiger partial charge on any atom is 0.295 e. The predicted octanol–water partition coefficient (Wildman–Crippen LogP) is 4.97. The number of nitrogens with zero attached hydrogens (tertiary/aromatic N) is 4. The molecule has 32 heavy (non-hydrogen) atoms. The molecule has 1 aromatic carbocycles. The molecule has 0 aliphatic carbocycles. The number of benzene rings is 1. The van der Waals surface area contributed by atoms with E-state index < -0.39 is 5.91 Å². The highest BCUT2D eigenvalue weighted by Gasteiger charge is 2.26. The van der Waals surface area contributed by atoms with E-state index in [1.54, 1.807) is 36.5 Å². The van der Waals surface area contributed by atoms with Crippen LogP contribution in [0.1, 0.15) is 11.4 Å². The third-order valence-electron chi connectivity index (χ3n) is 5.09. The maximum absolute atomic E-state index is 12.8. The van der Waals surface area contributed by atoms with Gasteiger partial charge in [-0.2, -0.15) is 0 Å². The molecule has 0 saturated heterocycles. The minimum Gasteiger partial charge on any atom is -0.481 e. The zero-order chi connectivity index (χ0) is 22.8. The normalized spacial score (nSPS) is 10.9. The lowest BCUT2D eigenvalue weighted by molar-refractivity contribution is -0.129. The maximum atomic E-state index is 12.8. The topological polar surface area (TPSA) is 77.3 Å². The minimum atomic E-state index is -0.731. The number of aldehydes is 1. The molecular weight excluding hydrogens is 451 g/mol. The van der Waals surface area contributed by atoms with Crippen molar-refractivity contribution in [3.05, 3.63) is 76.3 Å². The van der Waals surface area contributed by atoms with Gasteiger partial charge in [0.25, 0.3) is 5.91 Å². The first-order valence-corrected chi connectivity index (χ1v) is 10.4. The summed E-state index contributed by atoms with van der Waals surface area (Å²) >= 11 is 12.3. The average Bonchev–Trinajstić information content (AvgIpc) is 3.06. The summed E-state index contributed by atoms with van der Waals surface area (Å²) < 4.78 is 7.22. The quantitative estimate of drug-likeness (QED) is 0.295. The van der Waals surface area contributed by atoms with E-state index in [2.05, 4.69) is 9.97 Å². The fourth-order valence-corrected chi connectivity index (χ4v) is 3.94. The standard InChI is InChI=1S/C23H18Cl2N4O3/c1-14-23(29(22(31)13-30)18-7-8-26-21(10-18)32-2)19-9-15(24)4-6-20(19)28(14)12-17-5-3-16(25)11-27-17/h3-11,13H,12H2,1-2H3. The minimum absolute atomic E-state index is 0.279. The number of aromatic nitrogens is 3. The van der Waals surface area contributed by atoms with E-state index in [-0.39, 0.29) is 6.29 Å². The van der Waals surface area contributed by atoms with Gasteiger partial charge in [0.2, 0.25) is 12.2 Å². The fourth-order valence-electron chi connectivity index (χ4n) is 3.65. The highest BCUT2D eigenvalue weighted by molar-refractivity contribution is 6.35. The Hall–Kier alpha value is -3.42. The van der Waals surface area contributed by atoms with Crippen LogP contribution >= 0.6 is 23.2 Å². The number of fused-ring (bicyclic) bond motifs is 1. The van der Waals surface area contributed by atoms with Gasteiger partial charge in [-0.15, -0.1) is 0 Å². The van der Waals surface area contributed by atoms with Crippen molar-refractivity contribution in [1.82, 2.24) is 14.5 Å². The zero-order valence-corrected chi connectivity index (χ0v) is 18.8. The number of pyridine rings is 2. The van der Waals surface area contributed by atoms with E-state index in [1.165, 1.54) is 18.2 Å². The molecule has 162 valence electrons. The van der Waals surface area contributed by atoms with E-state index in [0.717, 1.165) is 22.3 Å². The summed E-state index contributed by atoms with van der Waals surface area (Å²) in [7, 11) is 1.48. The van der Waals surface area contributed by atoms with Gasteiger partial charge in [0.1, 0.15) is 0 Å². The van der Waals surface area contributed by atoms with E-state index in [0.29, 0.717) is 33.8 Å². The van der Waals surface area contributed by atoms with Gasteiger partial charge < -0.3 is 9.30 Å². The third kappa shape index (κ3) is 4.04. The predicted molar refractivity (Wildman–Crippen MR) is 124 cm³/mol. The molecule has 0 atom stereocenters. The number of hydrogen-bond acceptors (Lipinski definition) is 5. The summed E-state index contributed by atoms with van der Waals surface area (Å²) in [6.07, 6.45) is 3.38. The summed E-state index contributed by atoms with van der Waals surface area (Å²) in [4.78, 5) is 34.2. The highest BCUT2D eigenvalue weighted by atomic mass is 35.5. The lowest BCUT2D eigenvalue weighted by Crippen LogP contribution is -2.27. The van der Waals surface area contributed by atoms with E-state index >= 15 is 0 Å². The number of hydrogen-bond donors (Lipinski definition) is 0. The molecule has 4 aromatic rings. The van der Waals surface area contributed by atoms with Crippen molar-refractivity contribution < 1.29 is 14.3 Å². The number of methoxy groups -OCH3 is 1. The smallest absolute Gasteiger partial charge is 0.295 e. The summed E-state index contributed by atoms with van der Waals surface area (Å²) in [5, 5.41) is 1.77. The molecule has 3 aromatic heterocycles. The molecule has 7 nitrogen and oxygen atoms in total. The SMILES string of the molecule is COc1cc(N(C(=O)C=O)c2c(C)n(Cc3ccc(Cl)cn3)c3ccc(Cl)cc23)ccn1. The first-order valence-electron chi connectivity index (χ1n) is 9.61. The van der Waals surface area contributed by atoms with Crippen LogP contribution in [0.2, 0.25) is 10.0 Å². The second-order valence-corrected chi connectivity index (χ2v) is 7.87. The van der Waals surface area contributed by atoms with Gasteiger partial charge in [-0.05, 0) is 43.3 Å². The molecule has 4 rings (SSSR count). The number of carbonyl (C=O) groups excluding carboxylic acids is 2.